The molecule has 8 heteroatoms. The van der Waals surface area contributed by atoms with Gasteiger partial charge in [0, 0.05) is 25.7 Å². The Morgan fingerprint density at radius 2 is 1.75 bits per heavy atom. The Balaban J connectivity index is 1.99. The average Bonchev–Trinajstić information content (AvgIpc) is 2.63. The van der Waals surface area contributed by atoms with Crippen LogP contribution in [0.25, 0.3) is 0 Å². The number of guanidine groups is 1. The van der Waals surface area contributed by atoms with E-state index in [0.717, 1.165) is 17.7 Å². The highest BCUT2D eigenvalue weighted by Gasteiger charge is 2.29. The van der Waals surface area contributed by atoms with Gasteiger partial charge in [0.25, 0.3) is 0 Å². The fourth-order valence-corrected chi connectivity index (χ4v) is 2.46. The Morgan fingerprint density at radius 3 is 2.36 bits per heavy atom. The van der Waals surface area contributed by atoms with Gasteiger partial charge in [0.05, 0.1) is 12.1 Å². The normalized spacial score (nSPS) is 11.8. The second-order valence-electron chi connectivity index (χ2n) is 6.12. The molecule has 0 aliphatic carbocycles. The quantitative estimate of drug-likeness (QED) is 0.516. The van der Waals surface area contributed by atoms with Gasteiger partial charge in [0.1, 0.15) is 0 Å². The van der Waals surface area contributed by atoms with Crippen LogP contribution in [0.1, 0.15) is 30.5 Å². The van der Waals surface area contributed by atoms with Gasteiger partial charge in [0.15, 0.2) is 5.96 Å². The number of alkyl halides is 3. The Kier molecular flexibility index (Phi) is 7.43. The molecule has 0 unspecified atom stereocenters. The molecular weight excluding hydrogens is 369 g/mol. The van der Waals surface area contributed by atoms with Crippen molar-refractivity contribution >= 4 is 17.6 Å². The van der Waals surface area contributed by atoms with Crippen LogP contribution in [0, 0.1) is 0 Å². The van der Waals surface area contributed by atoms with E-state index in [2.05, 4.69) is 20.9 Å². The first-order valence-corrected chi connectivity index (χ1v) is 8.82. The van der Waals surface area contributed by atoms with Crippen molar-refractivity contribution in [3.63, 3.8) is 0 Å². The summed E-state index contributed by atoms with van der Waals surface area (Å²) in [5.74, 6) is 0.402. The summed E-state index contributed by atoms with van der Waals surface area (Å²) in [5.41, 5.74) is 1.66. The second-order valence-corrected chi connectivity index (χ2v) is 6.12. The van der Waals surface area contributed by atoms with Crippen LogP contribution in [-0.2, 0) is 24.1 Å². The van der Waals surface area contributed by atoms with E-state index in [1.165, 1.54) is 19.1 Å². The minimum atomic E-state index is -4.34. The van der Waals surface area contributed by atoms with Crippen LogP contribution in [0.3, 0.4) is 0 Å². The number of amides is 1. The fraction of sp³-hybridized carbons (Fsp3) is 0.300. The molecule has 0 saturated carbocycles. The van der Waals surface area contributed by atoms with Crippen molar-refractivity contribution in [1.29, 1.82) is 0 Å². The molecule has 28 heavy (non-hydrogen) atoms. The van der Waals surface area contributed by atoms with Crippen LogP contribution in [-0.4, -0.2) is 18.4 Å². The minimum absolute atomic E-state index is 0.146. The maximum Gasteiger partial charge on any atom is 0.416 e. The first kappa shape index (κ1) is 21.3. The number of anilines is 1. The highest BCUT2D eigenvalue weighted by atomic mass is 19.4. The molecule has 2 rings (SSSR count). The predicted octanol–water partition coefficient (Wildman–Crippen LogP) is 3.92. The van der Waals surface area contributed by atoms with Gasteiger partial charge < -0.3 is 16.0 Å². The highest BCUT2D eigenvalue weighted by Crippen LogP contribution is 2.29. The topological polar surface area (TPSA) is 65.5 Å². The third kappa shape index (κ3) is 6.94. The number of halogens is 3. The number of aliphatic imine (C=N–C) groups is 1. The molecule has 0 spiro atoms. The number of nitrogens with one attached hydrogen (secondary N) is 3. The summed E-state index contributed by atoms with van der Waals surface area (Å²) in [5, 5.41) is 8.92. The molecule has 0 radical (unpaired) electrons. The molecule has 0 saturated heterocycles. The minimum Gasteiger partial charge on any atom is -0.357 e. The predicted molar refractivity (Wildman–Crippen MR) is 104 cm³/mol. The maximum atomic E-state index is 12.6. The van der Waals surface area contributed by atoms with E-state index in [9.17, 15) is 18.0 Å². The number of carbonyl (C=O) groups excluding carboxylic acids is 1. The summed E-state index contributed by atoms with van der Waals surface area (Å²) in [7, 11) is 0. The average molecular weight is 392 g/mol. The summed E-state index contributed by atoms with van der Waals surface area (Å²) < 4.78 is 37.9. The lowest BCUT2D eigenvalue weighted by molar-refractivity contribution is -0.137. The Hall–Kier alpha value is -3.03. The number of hydrogen-bond donors (Lipinski definition) is 3. The maximum absolute atomic E-state index is 12.6. The molecule has 0 aliphatic heterocycles. The molecule has 2 aromatic rings. The van der Waals surface area contributed by atoms with E-state index in [-0.39, 0.29) is 5.91 Å². The molecule has 2 aromatic carbocycles. The van der Waals surface area contributed by atoms with Gasteiger partial charge in [-0.3, -0.25) is 4.79 Å². The molecule has 0 heterocycles. The first-order valence-electron chi connectivity index (χ1n) is 8.82. The molecule has 0 atom stereocenters. The van der Waals surface area contributed by atoms with Crippen molar-refractivity contribution in [2.24, 2.45) is 4.99 Å². The second kappa shape index (κ2) is 9.77. The van der Waals surface area contributed by atoms with Gasteiger partial charge in [-0.25, -0.2) is 4.99 Å². The van der Waals surface area contributed by atoms with E-state index in [4.69, 9.17) is 0 Å². The van der Waals surface area contributed by atoms with Gasteiger partial charge >= 0.3 is 6.18 Å². The smallest absolute Gasteiger partial charge is 0.357 e. The van der Waals surface area contributed by atoms with Crippen LogP contribution >= 0.6 is 0 Å². The number of carbonyl (C=O) groups is 1. The van der Waals surface area contributed by atoms with Crippen molar-refractivity contribution in [3.8, 4) is 0 Å². The fourth-order valence-electron chi connectivity index (χ4n) is 2.46. The number of rotatable bonds is 6. The number of benzene rings is 2. The van der Waals surface area contributed by atoms with Crippen molar-refractivity contribution in [2.75, 3.05) is 11.9 Å². The molecule has 0 aromatic heterocycles. The monoisotopic (exact) mass is 392 g/mol. The van der Waals surface area contributed by atoms with Crippen molar-refractivity contribution in [1.82, 2.24) is 10.6 Å². The van der Waals surface area contributed by atoms with E-state index in [1.54, 1.807) is 6.07 Å². The van der Waals surface area contributed by atoms with Crippen LogP contribution < -0.4 is 16.0 Å². The van der Waals surface area contributed by atoms with Gasteiger partial charge in [-0.1, -0.05) is 24.3 Å². The van der Waals surface area contributed by atoms with Crippen molar-refractivity contribution in [2.45, 2.75) is 33.1 Å². The van der Waals surface area contributed by atoms with Gasteiger partial charge in [-0.2, -0.15) is 13.2 Å². The zero-order valence-electron chi connectivity index (χ0n) is 15.7. The summed E-state index contributed by atoms with van der Waals surface area (Å²) in [4.78, 5) is 15.6. The number of nitrogens with zero attached hydrogens (tertiary/aromatic N) is 1. The molecule has 5 nitrogen and oxygen atoms in total. The molecule has 0 fully saturated rings. The Morgan fingerprint density at radius 1 is 1.04 bits per heavy atom. The lowest BCUT2D eigenvalue weighted by Crippen LogP contribution is -2.36. The largest absolute Gasteiger partial charge is 0.416 e. The van der Waals surface area contributed by atoms with Crippen LogP contribution in [0.5, 0.6) is 0 Å². The Labute approximate surface area is 162 Å². The molecule has 0 bridgehead atoms. The van der Waals surface area contributed by atoms with E-state index < -0.39 is 11.7 Å². The van der Waals surface area contributed by atoms with Crippen molar-refractivity contribution < 1.29 is 18.0 Å². The van der Waals surface area contributed by atoms with Crippen molar-refractivity contribution in [3.05, 3.63) is 65.2 Å². The van der Waals surface area contributed by atoms with Gasteiger partial charge in [0.2, 0.25) is 5.91 Å². The van der Waals surface area contributed by atoms with Crippen LogP contribution in [0.2, 0.25) is 0 Å². The summed E-state index contributed by atoms with van der Waals surface area (Å²) >= 11 is 0. The molecule has 150 valence electrons. The third-order valence-electron chi connectivity index (χ3n) is 3.75. The van der Waals surface area contributed by atoms with E-state index in [0.29, 0.717) is 36.8 Å². The zero-order chi connectivity index (χ0) is 20.6. The molecule has 3 N–H and O–H groups in total. The first-order chi connectivity index (χ1) is 13.3. The van der Waals surface area contributed by atoms with E-state index >= 15 is 0 Å². The van der Waals surface area contributed by atoms with Crippen LogP contribution in [0.15, 0.2) is 53.5 Å². The van der Waals surface area contributed by atoms with Gasteiger partial charge in [-0.15, -0.1) is 0 Å². The van der Waals surface area contributed by atoms with E-state index in [1.807, 2.05) is 25.1 Å². The lowest BCUT2D eigenvalue weighted by Gasteiger charge is -2.12. The summed E-state index contributed by atoms with van der Waals surface area (Å²) in [6, 6.07) is 12.4. The standard InChI is InChI=1S/C20H23F3N4O/c1-3-24-19(25-12-15-7-9-17(10-8-15)20(21,22)23)26-13-16-5-4-6-18(11-16)27-14(2)28/h4-11H,3,12-13H2,1-2H3,(H,27,28)(H2,24,25,26). The highest BCUT2D eigenvalue weighted by molar-refractivity contribution is 5.88. The summed E-state index contributed by atoms with van der Waals surface area (Å²) in [6.45, 7) is 4.74. The third-order valence-corrected chi connectivity index (χ3v) is 3.75. The van der Waals surface area contributed by atoms with Crippen LogP contribution in [0.4, 0.5) is 18.9 Å². The summed E-state index contributed by atoms with van der Waals surface area (Å²) in [6.07, 6.45) is -4.34. The SMILES string of the molecule is CCNC(=NCc1cccc(NC(C)=O)c1)NCc1ccc(C(F)(F)F)cc1. The molecule has 1 amide bonds. The molecular formula is C20H23F3N4O. The van der Waals surface area contributed by atoms with Gasteiger partial charge in [-0.05, 0) is 42.3 Å². The Bertz CT molecular complexity index is 817. The molecule has 0 aliphatic rings. The lowest BCUT2D eigenvalue weighted by atomic mass is 10.1. The number of hydrogen-bond acceptors (Lipinski definition) is 2. The zero-order valence-corrected chi connectivity index (χ0v) is 15.7.